The molecule has 0 amide bonds. The Morgan fingerprint density at radius 2 is 1.88 bits per heavy atom. The average molecular weight is 246 g/mol. The first-order chi connectivity index (χ1) is 7.65. The van der Waals surface area contributed by atoms with Crippen LogP contribution in [0.1, 0.15) is 13.3 Å². The second-order valence-corrected chi connectivity index (χ2v) is 4.02. The molecule has 0 aromatic carbocycles. The summed E-state index contributed by atoms with van der Waals surface area (Å²) < 4.78 is 10.1. The molecule has 1 unspecified atom stereocenters. The predicted molar refractivity (Wildman–Crippen MR) is 63.6 cm³/mol. The van der Waals surface area contributed by atoms with Crippen molar-refractivity contribution in [2.75, 3.05) is 26.1 Å². The van der Waals surface area contributed by atoms with E-state index < -0.39 is 0 Å². The van der Waals surface area contributed by atoms with Crippen molar-refractivity contribution in [1.82, 2.24) is 9.97 Å². The van der Waals surface area contributed by atoms with Gasteiger partial charge in [-0.05, 0) is 13.3 Å². The fourth-order valence-corrected chi connectivity index (χ4v) is 1.18. The van der Waals surface area contributed by atoms with E-state index in [2.05, 4.69) is 15.3 Å². The molecule has 0 spiro atoms. The summed E-state index contributed by atoms with van der Waals surface area (Å²) in [4.78, 5) is 8.26. The van der Waals surface area contributed by atoms with E-state index in [0.717, 1.165) is 6.42 Å². The maximum absolute atomic E-state index is 5.83. The smallest absolute Gasteiger partial charge is 0.229 e. The predicted octanol–water partition coefficient (Wildman–Crippen LogP) is 1.92. The summed E-state index contributed by atoms with van der Waals surface area (Å²) in [7, 11) is 3.10. The molecule has 5 nitrogen and oxygen atoms in total. The minimum absolute atomic E-state index is 0.125. The molecule has 0 radical (unpaired) electrons. The van der Waals surface area contributed by atoms with E-state index in [4.69, 9.17) is 21.1 Å². The van der Waals surface area contributed by atoms with Crippen molar-refractivity contribution in [2.24, 2.45) is 0 Å². The van der Waals surface area contributed by atoms with Gasteiger partial charge in [0.2, 0.25) is 17.7 Å². The van der Waals surface area contributed by atoms with Crippen LogP contribution in [0.3, 0.4) is 0 Å². The van der Waals surface area contributed by atoms with Crippen LogP contribution >= 0.6 is 11.6 Å². The van der Waals surface area contributed by atoms with E-state index in [-0.39, 0.29) is 5.38 Å². The molecule has 16 heavy (non-hydrogen) atoms. The highest BCUT2D eigenvalue weighted by Gasteiger charge is 2.05. The quantitative estimate of drug-likeness (QED) is 0.776. The molecule has 90 valence electrons. The zero-order valence-electron chi connectivity index (χ0n) is 9.66. The number of halogens is 1. The summed E-state index contributed by atoms with van der Waals surface area (Å²) in [5.41, 5.74) is 0. The van der Waals surface area contributed by atoms with Crippen LogP contribution in [0.25, 0.3) is 0 Å². The summed E-state index contributed by atoms with van der Waals surface area (Å²) >= 11 is 5.83. The summed E-state index contributed by atoms with van der Waals surface area (Å²) in [6.07, 6.45) is 0.838. The molecule has 1 aromatic heterocycles. The maximum Gasteiger partial charge on any atom is 0.229 e. The SMILES string of the molecule is COc1cc(OC)nc(NCCC(C)Cl)n1. The van der Waals surface area contributed by atoms with Gasteiger partial charge >= 0.3 is 0 Å². The van der Waals surface area contributed by atoms with E-state index in [1.54, 1.807) is 20.3 Å². The second-order valence-electron chi connectivity index (χ2n) is 3.27. The molecule has 0 saturated carbocycles. The molecular formula is C10H16ClN3O2. The molecule has 0 aliphatic rings. The highest BCUT2D eigenvalue weighted by molar-refractivity contribution is 6.20. The van der Waals surface area contributed by atoms with Gasteiger partial charge in [-0.1, -0.05) is 0 Å². The minimum Gasteiger partial charge on any atom is -0.481 e. The van der Waals surface area contributed by atoms with Crippen LogP contribution in [0.5, 0.6) is 11.8 Å². The third-order valence-corrected chi connectivity index (χ3v) is 2.14. The Morgan fingerprint density at radius 1 is 1.31 bits per heavy atom. The number of hydrogen-bond donors (Lipinski definition) is 1. The number of alkyl halides is 1. The molecule has 1 rings (SSSR count). The molecule has 0 saturated heterocycles. The first-order valence-corrected chi connectivity index (χ1v) is 5.44. The van der Waals surface area contributed by atoms with E-state index in [0.29, 0.717) is 24.3 Å². The van der Waals surface area contributed by atoms with Gasteiger partial charge in [0.05, 0.1) is 20.3 Å². The molecule has 1 atom stereocenters. The highest BCUT2D eigenvalue weighted by Crippen LogP contribution is 2.17. The normalized spacial score (nSPS) is 12.0. The number of ether oxygens (including phenoxy) is 2. The van der Waals surface area contributed by atoms with E-state index in [9.17, 15) is 0 Å². The van der Waals surface area contributed by atoms with Crippen LogP contribution < -0.4 is 14.8 Å². The Labute approximate surface area is 100 Å². The van der Waals surface area contributed by atoms with Crippen LogP contribution in [-0.2, 0) is 0 Å². The van der Waals surface area contributed by atoms with Gasteiger partial charge in [-0.15, -0.1) is 11.6 Å². The van der Waals surface area contributed by atoms with Crippen molar-refractivity contribution in [2.45, 2.75) is 18.7 Å². The fourth-order valence-electron chi connectivity index (χ4n) is 1.07. The lowest BCUT2D eigenvalue weighted by atomic mass is 10.3. The van der Waals surface area contributed by atoms with Crippen molar-refractivity contribution in [1.29, 1.82) is 0 Å². The maximum atomic E-state index is 5.83. The van der Waals surface area contributed by atoms with Gasteiger partial charge in [0.1, 0.15) is 0 Å². The topological polar surface area (TPSA) is 56.3 Å². The van der Waals surface area contributed by atoms with Gasteiger partial charge in [-0.2, -0.15) is 9.97 Å². The molecule has 0 aliphatic carbocycles. The fraction of sp³-hybridized carbons (Fsp3) is 0.600. The van der Waals surface area contributed by atoms with Crippen LogP contribution in [-0.4, -0.2) is 36.1 Å². The number of hydrogen-bond acceptors (Lipinski definition) is 5. The van der Waals surface area contributed by atoms with Gasteiger partial charge in [-0.3, -0.25) is 0 Å². The van der Waals surface area contributed by atoms with Crippen LogP contribution in [0, 0.1) is 0 Å². The van der Waals surface area contributed by atoms with Crippen molar-refractivity contribution in [3.63, 3.8) is 0 Å². The van der Waals surface area contributed by atoms with Crippen molar-refractivity contribution >= 4 is 17.5 Å². The zero-order chi connectivity index (χ0) is 12.0. The summed E-state index contributed by atoms with van der Waals surface area (Å²) in [5.74, 6) is 1.41. The van der Waals surface area contributed by atoms with E-state index >= 15 is 0 Å². The van der Waals surface area contributed by atoms with Crippen molar-refractivity contribution in [3.05, 3.63) is 6.07 Å². The zero-order valence-corrected chi connectivity index (χ0v) is 10.4. The Balaban J connectivity index is 2.64. The molecule has 6 heteroatoms. The summed E-state index contributed by atoms with van der Waals surface area (Å²) in [5, 5.41) is 3.18. The minimum atomic E-state index is 0.125. The average Bonchev–Trinajstić information content (AvgIpc) is 2.28. The van der Waals surface area contributed by atoms with Crippen LogP contribution in [0.15, 0.2) is 6.07 Å². The molecule has 0 bridgehead atoms. The second kappa shape index (κ2) is 6.37. The number of anilines is 1. The number of rotatable bonds is 6. The third kappa shape index (κ3) is 4.10. The first-order valence-electron chi connectivity index (χ1n) is 5.00. The standard InChI is InChI=1S/C10H16ClN3O2/c1-7(11)4-5-12-10-13-8(15-2)6-9(14-10)16-3/h6-7H,4-5H2,1-3H3,(H,12,13,14). The van der Waals surface area contributed by atoms with Gasteiger partial charge < -0.3 is 14.8 Å². The largest absolute Gasteiger partial charge is 0.481 e. The molecule has 1 N–H and O–H groups in total. The molecule has 1 aromatic rings. The van der Waals surface area contributed by atoms with Gasteiger partial charge in [-0.25, -0.2) is 0 Å². The summed E-state index contributed by atoms with van der Waals surface area (Å²) in [6.45, 7) is 2.65. The van der Waals surface area contributed by atoms with Crippen LogP contribution in [0.2, 0.25) is 0 Å². The van der Waals surface area contributed by atoms with E-state index in [1.807, 2.05) is 6.92 Å². The Kier molecular flexibility index (Phi) is 5.11. The number of aromatic nitrogens is 2. The van der Waals surface area contributed by atoms with Crippen molar-refractivity contribution in [3.8, 4) is 11.8 Å². The van der Waals surface area contributed by atoms with Crippen molar-refractivity contribution < 1.29 is 9.47 Å². The lowest BCUT2D eigenvalue weighted by Crippen LogP contribution is -2.09. The monoisotopic (exact) mass is 245 g/mol. The Morgan fingerprint density at radius 3 is 2.31 bits per heavy atom. The summed E-state index contributed by atoms with van der Waals surface area (Å²) in [6, 6.07) is 1.62. The highest BCUT2D eigenvalue weighted by atomic mass is 35.5. The molecular weight excluding hydrogens is 230 g/mol. The third-order valence-electron chi connectivity index (χ3n) is 1.92. The number of nitrogens with one attached hydrogen (secondary N) is 1. The number of methoxy groups -OCH3 is 2. The Bertz CT molecular complexity index is 312. The lowest BCUT2D eigenvalue weighted by Gasteiger charge is -2.08. The van der Waals surface area contributed by atoms with Gasteiger partial charge in [0.15, 0.2) is 0 Å². The van der Waals surface area contributed by atoms with Gasteiger partial charge in [0.25, 0.3) is 0 Å². The lowest BCUT2D eigenvalue weighted by molar-refractivity contribution is 0.373. The van der Waals surface area contributed by atoms with E-state index in [1.165, 1.54) is 0 Å². The molecule has 1 heterocycles. The first kappa shape index (κ1) is 12.8. The molecule has 0 fully saturated rings. The Hall–Kier alpha value is -1.23. The van der Waals surface area contributed by atoms with Crippen LogP contribution in [0.4, 0.5) is 5.95 Å². The van der Waals surface area contributed by atoms with Gasteiger partial charge in [0, 0.05) is 11.9 Å². The number of nitrogens with zero attached hydrogens (tertiary/aromatic N) is 2. The molecule has 0 aliphatic heterocycles.